The molecule has 0 bridgehead atoms. The fourth-order valence-electron chi connectivity index (χ4n) is 2.42. The molecule has 0 amide bonds. The third-order valence-electron chi connectivity index (χ3n) is 3.54. The van der Waals surface area contributed by atoms with Crippen LogP contribution in [-0.2, 0) is 0 Å². The summed E-state index contributed by atoms with van der Waals surface area (Å²) in [5.41, 5.74) is 1.79. The molecular formula is C17H18BrClFN. The molecule has 0 aliphatic heterocycles. The Morgan fingerprint density at radius 3 is 2.62 bits per heavy atom. The second-order valence-electron chi connectivity index (χ2n) is 5.07. The molecule has 0 fully saturated rings. The van der Waals surface area contributed by atoms with Gasteiger partial charge >= 0.3 is 0 Å². The summed E-state index contributed by atoms with van der Waals surface area (Å²) in [5, 5.41) is 4.19. The van der Waals surface area contributed by atoms with Crippen molar-refractivity contribution < 1.29 is 4.39 Å². The van der Waals surface area contributed by atoms with Gasteiger partial charge in [0.2, 0.25) is 0 Å². The summed E-state index contributed by atoms with van der Waals surface area (Å²) in [7, 11) is 0. The van der Waals surface area contributed by atoms with Crippen molar-refractivity contribution in [2.45, 2.75) is 32.4 Å². The Morgan fingerprint density at radius 1 is 1.24 bits per heavy atom. The van der Waals surface area contributed by atoms with Crippen LogP contribution in [-0.4, -0.2) is 0 Å². The molecule has 4 heteroatoms. The first-order chi connectivity index (χ1) is 10.0. The molecule has 0 aliphatic carbocycles. The van der Waals surface area contributed by atoms with Crippen molar-refractivity contribution in [1.82, 2.24) is 5.32 Å². The monoisotopic (exact) mass is 369 g/mol. The van der Waals surface area contributed by atoms with Crippen molar-refractivity contribution in [3.05, 3.63) is 68.9 Å². The van der Waals surface area contributed by atoms with Crippen LogP contribution >= 0.6 is 27.5 Å². The summed E-state index contributed by atoms with van der Waals surface area (Å²) < 4.78 is 14.8. The van der Waals surface area contributed by atoms with Gasteiger partial charge in [-0.25, -0.2) is 4.39 Å². The van der Waals surface area contributed by atoms with Gasteiger partial charge in [0, 0.05) is 27.1 Å². The molecule has 0 aromatic heterocycles. The molecular weight excluding hydrogens is 353 g/mol. The highest BCUT2D eigenvalue weighted by atomic mass is 79.9. The molecule has 0 saturated heterocycles. The highest BCUT2D eigenvalue weighted by Gasteiger charge is 2.16. The lowest BCUT2D eigenvalue weighted by atomic mass is 10.0. The van der Waals surface area contributed by atoms with Crippen molar-refractivity contribution in [2.24, 2.45) is 0 Å². The van der Waals surface area contributed by atoms with Gasteiger partial charge in [0.1, 0.15) is 5.82 Å². The quantitative estimate of drug-likeness (QED) is 0.676. The standard InChI is InChI=1S/C17H18BrClFN/c1-3-17(12-5-4-6-14(19)9-12)21-11(2)15-8-7-13(18)10-16(15)20/h4-11,17,21H,3H2,1-2H3. The van der Waals surface area contributed by atoms with E-state index in [-0.39, 0.29) is 17.9 Å². The Bertz CT molecular complexity index is 617. The average Bonchev–Trinajstić information content (AvgIpc) is 2.44. The number of rotatable bonds is 5. The Kier molecular flexibility index (Phi) is 5.80. The largest absolute Gasteiger partial charge is 0.303 e. The normalized spacial score (nSPS) is 14.0. The third-order valence-corrected chi connectivity index (χ3v) is 4.27. The van der Waals surface area contributed by atoms with Gasteiger partial charge in [-0.2, -0.15) is 0 Å². The lowest BCUT2D eigenvalue weighted by molar-refractivity contribution is 0.442. The molecule has 2 aromatic rings. The number of hydrogen-bond acceptors (Lipinski definition) is 1. The van der Waals surface area contributed by atoms with Crippen LogP contribution in [0.5, 0.6) is 0 Å². The first kappa shape index (κ1) is 16.5. The van der Waals surface area contributed by atoms with Crippen LogP contribution in [0.1, 0.15) is 43.5 Å². The van der Waals surface area contributed by atoms with Gasteiger partial charge in [0.15, 0.2) is 0 Å². The van der Waals surface area contributed by atoms with Crippen molar-refractivity contribution in [2.75, 3.05) is 0 Å². The first-order valence-corrected chi connectivity index (χ1v) is 8.14. The maximum absolute atomic E-state index is 14.0. The van der Waals surface area contributed by atoms with Crippen LogP contribution in [0, 0.1) is 5.82 Å². The fourth-order valence-corrected chi connectivity index (χ4v) is 2.95. The predicted octanol–water partition coefficient (Wildman–Crippen LogP) is 6.04. The molecule has 21 heavy (non-hydrogen) atoms. The van der Waals surface area contributed by atoms with Gasteiger partial charge in [-0.05, 0) is 43.2 Å². The zero-order valence-electron chi connectivity index (χ0n) is 12.0. The fraction of sp³-hybridized carbons (Fsp3) is 0.294. The predicted molar refractivity (Wildman–Crippen MR) is 90.1 cm³/mol. The van der Waals surface area contributed by atoms with E-state index in [1.165, 1.54) is 6.07 Å². The van der Waals surface area contributed by atoms with E-state index < -0.39 is 0 Å². The van der Waals surface area contributed by atoms with Crippen LogP contribution in [0.2, 0.25) is 5.02 Å². The lowest BCUT2D eigenvalue weighted by Gasteiger charge is -2.23. The molecule has 0 saturated carbocycles. The maximum atomic E-state index is 14.0. The Balaban J connectivity index is 2.18. The van der Waals surface area contributed by atoms with Gasteiger partial charge in [-0.3, -0.25) is 0 Å². The number of benzene rings is 2. The zero-order valence-corrected chi connectivity index (χ0v) is 14.4. The Hall–Kier alpha value is -0.900. The van der Waals surface area contributed by atoms with E-state index in [4.69, 9.17) is 11.6 Å². The zero-order chi connectivity index (χ0) is 15.4. The van der Waals surface area contributed by atoms with Gasteiger partial charge in [-0.1, -0.05) is 52.7 Å². The van der Waals surface area contributed by atoms with Crippen molar-refractivity contribution in [1.29, 1.82) is 0 Å². The second-order valence-corrected chi connectivity index (χ2v) is 6.42. The van der Waals surface area contributed by atoms with E-state index in [0.29, 0.717) is 5.56 Å². The molecule has 0 aliphatic rings. The van der Waals surface area contributed by atoms with Crippen LogP contribution in [0.15, 0.2) is 46.9 Å². The summed E-state index contributed by atoms with van der Waals surface area (Å²) in [6, 6.07) is 13.0. The van der Waals surface area contributed by atoms with Gasteiger partial charge in [-0.15, -0.1) is 0 Å². The molecule has 1 nitrogen and oxygen atoms in total. The van der Waals surface area contributed by atoms with E-state index in [2.05, 4.69) is 28.2 Å². The molecule has 0 spiro atoms. The molecule has 2 unspecified atom stereocenters. The molecule has 2 aromatic carbocycles. The maximum Gasteiger partial charge on any atom is 0.129 e. The lowest BCUT2D eigenvalue weighted by Crippen LogP contribution is -2.25. The molecule has 112 valence electrons. The summed E-state index contributed by atoms with van der Waals surface area (Å²) in [5.74, 6) is -0.203. The SMILES string of the molecule is CCC(NC(C)c1ccc(Br)cc1F)c1cccc(Cl)c1. The summed E-state index contributed by atoms with van der Waals surface area (Å²) >= 11 is 9.33. The smallest absolute Gasteiger partial charge is 0.129 e. The summed E-state index contributed by atoms with van der Waals surface area (Å²) in [6.45, 7) is 4.07. The van der Waals surface area contributed by atoms with Crippen molar-refractivity contribution >= 4 is 27.5 Å². The minimum absolute atomic E-state index is 0.0815. The number of nitrogens with one attached hydrogen (secondary N) is 1. The highest BCUT2D eigenvalue weighted by Crippen LogP contribution is 2.26. The minimum Gasteiger partial charge on any atom is -0.303 e. The third kappa shape index (κ3) is 4.29. The Morgan fingerprint density at radius 2 is 2.00 bits per heavy atom. The highest BCUT2D eigenvalue weighted by molar-refractivity contribution is 9.10. The van der Waals surface area contributed by atoms with E-state index in [1.54, 1.807) is 0 Å². The minimum atomic E-state index is -0.203. The van der Waals surface area contributed by atoms with E-state index in [0.717, 1.165) is 21.5 Å². The summed E-state index contributed by atoms with van der Waals surface area (Å²) in [6.07, 6.45) is 0.906. The van der Waals surface area contributed by atoms with Crippen LogP contribution in [0.25, 0.3) is 0 Å². The van der Waals surface area contributed by atoms with Crippen LogP contribution in [0.4, 0.5) is 4.39 Å². The number of halogens is 3. The van der Waals surface area contributed by atoms with Gasteiger partial charge in [0.25, 0.3) is 0 Å². The van der Waals surface area contributed by atoms with Crippen LogP contribution in [0.3, 0.4) is 0 Å². The number of hydrogen-bond donors (Lipinski definition) is 1. The second kappa shape index (κ2) is 7.39. The van der Waals surface area contributed by atoms with Crippen molar-refractivity contribution in [3.8, 4) is 0 Å². The first-order valence-electron chi connectivity index (χ1n) is 6.97. The molecule has 1 N–H and O–H groups in total. The van der Waals surface area contributed by atoms with E-state index in [9.17, 15) is 4.39 Å². The van der Waals surface area contributed by atoms with Crippen molar-refractivity contribution in [3.63, 3.8) is 0 Å². The molecule has 0 radical (unpaired) electrons. The van der Waals surface area contributed by atoms with E-state index in [1.807, 2.05) is 43.3 Å². The average molecular weight is 371 g/mol. The topological polar surface area (TPSA) is 12.0 Å². The van der Waals surface area contributed by atoms with E-state index >= 15 is 0 Å². The molecule has 0 heterocycles. The van der Waals surface area contributed by atoms with Crippen LogP contribution < -0.4 is 5.32 Å². The summed E-state index contributed by atoms with van der Waals surface area (Å²) in [4.78, 5) is 0. The van der Waals surface area contributed by atoms with Gasteiger partial charge in [0.05, 0.1) is 0 Å². The molecule has 2 atom stereocenters. The Labute approximate surface area is 138 Å². The van der Waals surface area contributed by atoms with Gasteiger partial charge < -0.3 is 5.32 Å². The molecule has 2 rings (SSSR count).